The van der Waals surface area contributed by atoms with Crippen LogP contribution >= 0.6 is 0 Å². The van der Waals surface area contributed by atoms with Crippen LogP contribution in [-0.2, 0) is 4.79 Å². The van der Waals surface area contributed by atoms with Crippen LogP contribution in [0.15, 0.2) is 47.7 Å². The number of carbonyl (C=O) groups is 1. The van der Waals surface area contributed by atoms with Crippen molar-refractivity contribution in [3.8, 4) is 5.75 Å². The molecule has 0 saturated carbocycles. The minimum atomic E-state index is -0.245. The SMILES string of the molecule is COc1ccccc1[C@@H]1Nc2cc(C)c(C)cc2NC2=C1C(=O)CC(C)(C)C2. The summed E-state index contributed by atoms with van der Waals surface area (Å²) in [6, 6.07) is 12.0. The Morgan fingerprint density at radius 3 is 2.43 bits per heavy atom. The molecule has 1 aliphatic heterocycles. The van der Waals surface area contributed by atoms with Gasteiger partial charge in [0, 0.05) is 23.3 Å². The number of nitrogens with one attached hydrogen (secondary N) is 2. The molecular weight excluding hydrogens is 348 g/mol. The molecule has 4 heteroatoms. The number of allylic oxidation sites excluding steroid dienone is 1. The van der Waals surface area contributed by atoms with Crippen LogP contribution < -0.4 is 15.4 Å². The van der Waals surface area contributed by atoms with Crippen LogP contribution in [0.3, 0.4) is 0 Å². The molecule has 0 radical (unpaired) electrons. The number of anilines is 2. The number of hydrogen-bond acceptors (Lipinski definition) is 4. The maximum atomic E-state index is 13.3. The van der Waals surface area contributed by atoms with Gasteiger partial charge in [-0.2, -0.15) is 0 Å². The fourth-order valence-electron chi connectivity index (χ4n) is 4.35. The summed E-state index contributed by atoms with van der Waals surface area (Å²) in [5.74, 6) is 0.986. The lowest BCUT2D eigenvalue weighted by molar-refractivity contribution is -0.118. The number of methoxy groups -OCH3 is 1. The largest absolute Gasteiger partial charge is 0.496 e. The molecule has 2 N–H and O–H groups in total. The van der Waals surface area contributed by atoms with Crippen molar-refractivity contribution in [2.24, 2.45) is 5.41 Å². The Kier molecular flexibility index (Phi) is 4.45. The predicted molar refractivity (Wildman–Crippen MR) is 114 cm³/mol. The Hall–Kier alpha value is -2.75. The number of ketones is 1. The molecule has 0 bridgehead atoms. The zero-order chi connectivity index (χ0) is 20.1. The molecule has 1 heterocycles. The highest BCUT2D eigenvalue weighted by atomic mass is 16.5. The number of para-hydroxylation sites is 1. The van der Waals surface area contributed by atoms with Gasteiger partial charge in [-0.1, -0.05) is 32.0 Å². The summed E-state index contributed by atoms with van der Waals surface area (Å²) < 4.78 is 5.63. The fourth-order valence-corrected chi connectivity index (χ4v) is 4.35. The van der Waals surface area contributed by atoms with Gasteiger partial charge < -0.3 is 15.4 Å². The number of benzene rings is 2. The first-order valence-electron chi connectivity index (χ1n) is 9.83. The Bertz CT molecular complexity index is 988. The molecular formula is C24H28N2O2. The average Bonchev–Trinajstić information content (AvgIpc) is 2.77. The number of rotatable bonds is 2. The van der Waals surface area contributed by atoms with Gasteiger partial charge in [0.1, 0.15) is 5.75 Å². The fraction of sp³-hybridized carbons (Fsp3) is 0.375. The second-order valence-electron chi connectivity index (χ2n) is 8.76. The zero-order valence-electron chi connectivity index (χ0n) is 17.3. The molecule has 0 saturated heterocycles. The van der Waals surface area contributed by atoms with E-state index in [-0.39, 0.29) is 17.2 Å². The molecule has 4 nitrogen and oxygen atoms in total. The lowest BCUT2D eigenvalue weighted by Crippen LogP contribution is -2.31. The van der Waals surface area contributed by atoms with Gasteiger partial charge in [-0.3, -0.25) is 4.79 Å². The normalized spacial score (nSPS) is 20.5. The molecule has 0 unspecified atom stereocenters. The predicted octanol–water partition coefficient (Wildman–Crippen LogP) is 5.53. The van der Waals surface area contributed by atoms with Gasteiger partial charge in [0.05, 0.1) is 24.5 Å². The quantitative estimate of drug-likeness (QED) is 0.723. The second kappa shape index (κ2) is 6.69. The van der Waals surface area contributed by atoms with E-state index in [1.807, 2.05) is 24.3 Å². The van der Waals surface area contributed by atoms with Gasteiger partial charge in [-0.15, -0.1) is 0 Å². The number of aryl methyl sites for hydroxylation is 2. The third-order valence-corrected chi connectivity index (χ3v) is 5.88. The monoisotopic (exact) mass is 376 g/mol. The topological polar surface area (TPSA) is 50.4 Å². The minimum absolute atomic E-state index is 0.0571. The minimum Gasteiger partial charge on any atom is -0.496 e. The highest BCUT2D eigenvalue weighted by Crippen LogP contribution is 2.47. The third kappa shape index (κ3) is 3.17. The van der Waals surface area contributed by atoms with E-state index in [9.17, 15) is 4.79 Å². The van der Waals surface area contributed by atoms with Crippen LogP contribution in [-0.4, -0.2) is 12.9 Å². The molecule has 0 fully saturated rings. The van der Waals surface area contributed by atoms with Crippen molar-refractivity contribution >= 4 is 17.2 Å². The molecule has 0 spiro atoms. The summed E-state index contributed by atoms with van der Waals surface area (Å²) >= 11 is 0. The van der Waals surface area contributed by atoms with Crippen molar-refractivity contribution in [2.75, 3.05) is 17.7 Å². The van der Waals surface area contributed by atoms with Crippen LogP contribution in [0, 0.1) is 19.3 Å². The molecule has 0 aromatic heterocycles. The van der Waals surface area contributed by atoms with Crippen molar-refractivity contribution in [2.45, 2.75) is 46.6 Å². The van der Waals surface area contributed by atoms with Crippen molar-refractivity contribution < 1.29 is 9.53 Å². The van der Waals surface area contributed by atoms with E-state index >= 15 is 0 Å². The first-order valence-corrected chi connectivity index (χ1v) is 9.83. The first-order chi connectivity index (χ1) is 13.3. The van der Waals surface area contributed by atoms with Gasteiger partial charge in [0.15, 0.2) is 5.78 Å². The van der Waals surface area contributed by atoms with Crippen LogP contribution in [0.2, 0.25) is 0 Å². The van der Waals surface area contributed by atoms with Crippen LogP contribution in [0.4, 0.5) is 11.4 Å². The van der Waals surface area contributed by atoms with Gasteiger partial charge in [-0.25, -0.2) is 0 Å². The van der Waals surface area contributed by atoms with E-state index in [0.717, 1.165) is 40.4 Å². The van der Waals surface area contributed by atoms with Crippen molar-refractivity contribution in [3.05, 3.63) is 64.4 Å². The van der Waals surface area contributed by atoms with Gasteiger partial charge >= 0.3 is 0 Å². The standard InChI is InChI=1S/C24H28N2O2/c1-14-10-17-18(11-15(14)2)26-23(16-8-6-7-9-21(16)28-5)22-19(25-17)12-24(3,4)13-20(22)27/h6-11,23,25-26H,12-13H2,1-5H3/t23-/m0/s1. The van der Waals surface area contributed by atoms with Crippen molar-refractivity contribution in [1.29, 1.82) is 0 Å². The molecule has 2 aromatic carbocycles. The van der Waals surface area contributed by atoms with Crippen molar-refractivity contribution in [3.63, 3.8) is 0 Å². The van der Waals surface area contributed by atoms with Gasteiger partial charge in [0.2, 0.25) is 0 Å². The van der Waals surface area contributed by atoms with Gasteiger partial charge in [0.25, 0.3) is 0 Å². The number of ether oxygens (including phenoxy) is 1. The summed E-state index contributed by atoms with van der Waals surface area (Å²) in [4.78, 5) is 13.3. The van der Waals surface area contributed by atoms with Crippen molar-refractivity contribution in [1.82, 2.24) is 0 Å². The first kappa shape index (κ1) is 18.6. The average molecular weight is 377 g/mol. The van der Waals surface area contributed by atoms with Crippen LogP contribution in [0.5, 0.6) is 5.75 Å². The number of carbonyl (C=O) groups excluding carboxylic acids is 1. The highest BCUT2D eigenvalue weighted by Gasteiger charge is 2.39. The maximum absolute atomic E-state index is 13.3. The molecule has 1 aliphatic carbocycles. The molecule has 28 heavy (non-hydrogen) atoms. The lowest BCUT2D eigenvalue weighted by Gasteiger charge is -2.34. The molecule has 1 atom stereocenters. The number of Topliss-reactive ketones (excluding diaryl/α,β-unsaturated/α-hetero) is 1. The summed E-state index contributed by atoms with van der Waals surface area (Å²) in [7, 11) is 1.68. The summed E-state index contributed by atoms with van der Waals surface area (Å²) in [5, 5.41) is 7.26. The van der Waals surface area contributed by atoms with Gasteiger partial charge in [-0.05, 0) is 55.0 Å². The van der Waals surface area contributed by atoms with E-state index in [1.54, 1.807) is 7.11 Å². The van der Waals surface area contributed by atoms with Crippen LogP contribution in [0.25, 0.3) is 0 Å². The molecule has 4 rings (SSSR count). The van der Waals surface area contributed by atoms with E-state index < -0.39 is 0 Å². The smallest absolute Gasteiger partial charge is 0.163 e. The Balaban J connectivity index is 1.94. The molecule has 2 aromatic rings. The number of fused-ring (bicyclic) bond motifs is 1. The zero-order valence-corrected chi connectivity index (χ0v) is 17.3. The Morgan fingerprint density at radius 2 is 1.71 bits per heavy atom. The maximum Gasteiger partial charge on any atom is 0.163 e. The molecule has 146 valence electrons. The molecule has 2 aliphatic rings. The highest BCUT2D eigenvalue weighted by molar-refractivity contribution is 6.01. The second-order valence-corrected chi connectivity index (χ2v) is 8.76. The Labute approximate surface area is 167 Å². The van der Waals surface area contributed by atoms with E-state index in [1.165, 1.54) is 11.1 Å². The van der Waals surface area contributed by atoms with Crippen LogP contribution in [0.1, 0.15) is 49.4 Å². The summed E-state index contributed by atoms with van der Waals surface area (Å²) in [6.07, 6.45) is 1.39. The Morgan fingerprint density at radius 1 is 1.04 bits per heavy atom. The van der Waals surface area contributed by atoms with E-state index in [0.29, 0.717) is 6.42 Å². The lowest BCUT2D eigenvalue weighted by atomic mass is 9.73. The van der Waals surface area contributed by atoms with E-state index in [4.69, 9.17) is 4.74 Å². The summed E-state index contributed by atoms with van der Waals surface area (Å²) in [6.45, 7) is 8.55. The third-order valence-electron chi connectivity index (χ3n) is 5.88. The molecule has 0 amide bonds. The number of hydrogen-bond donors (Lipinski definition) is 2. The van der Waals surface area contributed by atoms with E-state index in [2.05, 4.69) is 50.5 Å². The summed E-state index contributed by atoms with van der Waals surface area (Å²) in [5.41, 5.74) is 7.27.